The minimum absolute atomic E-state index is 0.0913. The summed E-state index contributed by atoms with van der Waals surface area (Å²) in [6.45, 7) is 1.35. The van der Waals surface area contributed by atoms with Gasteiger partial charge in [0.25, 0.3) is 0 Å². The molecule has 0 amide bonds. The number of carboxylic acid groups (broad SMARTS) is 1. The molecule has 120 valence electrons. The van der Waals surface area contributed by atoms with Crippen LogP contribution in [0.3, 0.4) is 0 Å². The van der Waals surface area contributed by atoms with Crippen molar-refractivity contribution in [3.05, 3.63) is 29.8 Å². The van der Waals surface area contributed by atoms with Gasteiger partial charge in [-0.25, -0.2) is 8.42 Å². The van der Waals surface area contributed by atoms with Gasteiger partial charge < -0.3 is 5.11 Å². The van der Waals surface area contributed by atoms with Gasteiger partial charge in [0, 0.05) is 5.56 Å². The zero-order chi connectivity index (χ0) is 16.4. The van der Waals surface area contributed by atoms with Crippen LogP contribution in [0.15, 0.2) is 29.2 Å². The summed E-state index contributed by atoms with van der Waals surface area (Å²) >= 11 is 0. The second-order valence-electron chi connectivity index (χ2n) is 5.64. The lowest BCUT2D eigenvalue weighted by molar-refractivity contribution is -0.145. The minimum Gasteiger partial charge on any atom is -0.480 e. The first-order valence-electron chi connectivity index (χ1n) is 7.15. The molecule has 1 fully saturated rings. The number of ketones is 1. The Bertz CT molecular complexity index is 690. The number of rotatable bonds is 5. The monoisotopic (exact) mass is 325 g/mol. The molecule has 2 N–H and O–H groups in total. The third kappa shape index (κ3) is 3.36. The summed E-state index contributed by atoms with van der Waals surface area (Å²) in [5.74, 6) is -1.40. The Morgan fingerprint density at radius 2 is 1.82 bits per heavy atom. The number of hydrogen-bond acceptors (Lipinski definition) is 4. The number of nitrogens with one attached hydrogen (secondary N) is 1. The Kier molecular flexibility index (Phi) is 4.67. The van der Waals surface area contributed by atoms with Crippen molar-refractivity contribution in [1.29, 1.82) is 0 Å². The van der Waals surface area contributed by atoms with E-state index in [2.05, 4.69) is 4.72 Å². The number of carboxylic acids is 1. The molecule has 0 saturated heterocycles. The molecule has 0 radical (unpaired) electrons. The van der Waals surface area contributed by atoms with E-state index in [9.17, 15) is 23.1 Å². The summed E-state index contributed by atoms with van der Waals surface area (Å²) in [6.07, 6.45) is 2.78. The molecule has 0 atom stereocenters. The van der Waals surface area contributed by atoms with Crippen LogP contribution in [0.2, 0.25) is 0 Å². The average Bonchev–Trinajstić information content (AvgIpc) is 2.47. The molecule has 22 heavy (non-hydrogen) atoms. The summed E-state index contributed by atoms with van der Waals surface area (Å²) in [4.78, 5) is 22.9. The van der Waals surface area contributed by atoms with E-state index < -0.39 is 21.5 Å². The summed E-state index contributed by atoms with van der Waals surface area (Å²) in [5, 5.41) is 9.46. The molecule has 1 aliphatic carbocycles. The van der Waals surface area contributed by atoms with Gasteiger partial charge >= 0.3 is 5.97 Å². The molecule has 0 aliphatic heterocycles. The fraction of sp³-hybridized carbons (Fsp3) is 0.467. The van der Waals surface area contributed by atoms with Crippen LogP contribution in [0.25, 0.3) is 0 Å². The van der Waals surface area contributed by atoms with Gasteiger partial charge in [0.1, 0.15) is 5.54 Å². The number of sulfonamides is 1. The van der Waals surface area contributed by atoms with Crippen LogP contribution in [-0.2, 0) is 14.8 Å². The van der Waals surface area contributed by atoms with Crippen molar-refractivity contribution in [2.45, 2.75) is 49.5 Å². The molecule has 0 aromatic heterocycles. The first-order chi connectivity index (χ1) is 10.3. The lowest BCUT2D eigenvalue weighted by Crippen LogP contribution is -2.55. The normalized spacial score (nSPS) is 17.9. The molecule has 7 heteroatoms. The largest absolute Gasteiger partial charge is 0.480 e. The summed E-state index contributed by atoms with van der Waals surface area (Å²) < 4.78 is 27.4. The van der Waals surface area contributed by atoms with Crippen molar-refractivity contribution in [3.8, 4) is 0 Å². The van der Waals surface area contributed by atoms with Crippen molar-refractivity contribution in [2.75, 3.05) is 0 Å². The summed E-state index contributed by atoms with van der Waals surface area (Å²) in [7, 11) is -4.00. The minimum atomic E-state index is -4.00. The molecule has 1 aliphatic rings. The molecule has 0 heterocycles. The van der Waals surface area contributed by atoms with E-state index >= 15 is 0 Å². The number of carbonyl (C=O) groups is 2. The maximum atomic E-state index is 12.5. The molecular weight excluding hydrogens is 306 g/mol. The summed E-state index contributed by atoms with van der Waals surface area (Å²) in [5.41, 5.74) is -1.18. The van der Waals surface area contributed by atoms with Gasteiger partial charge in [-0.15, -0.1) is 0 Å². The van der Waals surface area contributed by atoms with Gasteiger partial charge in [-0.05, 0) is 31.9 Å². The van der Waals surface area contributed by atoms with Crippen LogP contribution in [0.4, 0.5) is 0 Å². The highest BCUT2D eigenvalue weighted by Gasteiger charge is 2.43. The van der Waals surface area contributed by atoms with Crippen molar-refractivity contribution < 1.29 is 23.1 Å². The summed E-state index contributed by atoms with van der Waals surface area (Å²) in [6, 6.07) is 5.62. The van der Waals surface area contributed by atoms with Gasteiger partial charge in [0.05, 0.1) is 4.90 Å². The average molecular weight is 325 g/mol. The molecule has 0 bridgehead atoms. The second-order valence-corrected chi connectivity index (χ2v) is 7.32. The zero-order valence-corrected chi connectivity index (χ0v) is 13.1. The molecular formula is C15H19NO5S. The van der Waals surface area contributed by atoms with Gasteiger partial charge in [0.15, 0.2) is 5.78 Å². The molecule has 0 unspecified atom stereocenters. The van der Waals surface area contributed by atoms with E-state index in [-0.39, 0.29) is 29.1 Å². The predicted octanol–water partition coefficient (Wildman–Crippen LogP) is 1.95. The Labute approximate surface area is 129 Å². The van der Waals surface area contributed by atoms with Crippen LogP contribution in [0.5, 0.6) is 0 Å². The highest BCUT2D eigenvalue weighted by molar-refractivity contribution is 7.89. The van der Waals surface area contributed by atoms with Gasteiger partial charge in [0.2, 0.25) is 10.0 Å². The number of benzene rings is 1. The zero-order valence-electron chi connectivity index (χ0n) is 12.3. The lowest BCUT2D eigenvalue weighted by Gasteiger charge is -2.33. The van der Waals surface area contributed by atoms with E-state index in [1.807, 2.05) is 0 Å². The molecule has 1 aromatic rings. The van der Waals surface area contributed by atoms with Gasteiger partial charge in [-0.3, -0.25) is 9.59 Å². The molecule has 1 saturated carbocycles. The van der Waals surface area contributed by atoms with Gasteiger partial charge in [-0.1, -0.05) is 31.4 Å². The number of Topliss-reactive ketones (excluding diaryl/α,β-unsaturated/α-hetero) is 1. The maximum Gasteiger partial charge on any atom is 0.324 e. The van der Waals surface area contributed by atoms with Gasteiger partial charge in [-0.2, -0.15) is 4.72 Å². The highest BCUT2D eigenvalue weighted by Crippen LogP contribution is 2.30. The first kappa shape index (κ1) is 16.6. The Morgan fingerprint density at radius 3 is 2.36 bits per heavy atom. The quantitative estimate of drug-likeness (QED) is 0.806. The smallest absolute Gasteiger partial charge is 0.324 e. The van der Waals surface area contributed by atoms with E-state index in [0.29, 0.717) is 12.8 Å². The standard InChI is InChI=1S/C15H19NO5S/c1-11(17)12-6-5-7-13(10-12)22(20,21)16-15(14(18)19)8-3-2-4-9-15/h5-7,10,16H,2-4,8-9H2,1H3,(H,18,19). The fourth-order valence-electron chi connectivity index (χ4n) is 2.71. The number of carbonyl (C=O) groups excluding carboxylic acids is 1. The lowest BCUT2D eigenvalue weighted by atomic mass is 9.83. The Morgan fingerprint density at radius 1 is 1.18 bits per heavy atom. The van der Waals surface area contributed by atoms with E-state index in [4.69, 9.17) is 0 Å². The van der Waals surface area contributed by atoms with Crippen molar-refractivity contribution in [3.63, 3.8) is 0 Å². The van der Waals surface area contributed by atoms with Crippen molar-refractivity contribution >= 4 is 21.8 Å². The van der Waals surface area contributed by atoms with Crippen molar-refractivity contribution in [1.82, 2.24) is 4.72 Å². The molecule has 0 spiro atoms. The third-order valence-corrected chi connectivity index (χ3v) is 5.53. The van der Waals surface area contributed by atoms with E-state index in [1.54, 1.807) is 0 Å². The highest BCUT2D eigenvalue weighted by atomic mass is 32.2. The first-order valence-corrected chi connectivity index (χ1v) is 8.64. The second kappa shape index (κ2) is 6.18. The van der Waals surface area contributed by atoms with Crippen LogP contribution in [0, 0.1) is 0 Å². The molecule has 2 rings (SSSR count). The SMILES string of the molecule is CC(=O)c1cccc(S(=O)(=O)NC2(C(=O)O)CCCCC2)c1. The maximum absolute atomic E-state index is 12.5. The van der Waals surface area contributed by atoms with E-state index in [1.165, 1.54) is 31.2 Å². The van der Waals surface area contributed by atoms with Crippen molar-refractivity contribution in [2.24, 2.45) is 0 Å². The number of aliphatic carboxylic acids is 1. The predicted molar refractivity (Wildman–Crippen MR) is 80.2 cm³/mol. The van der Waals surface area contributed by atoms with Crippen LogP contribution in [0.1, 0.15) is 49.4 Å². The fourth-order valence-corrected chi connectivity index (χ4v) is 4.18. The molecule has 6 nitrogen and oxygen atoms in total. The number of hydrogen-bond donors (Lipinski definition) is 2. The third-order valence-electron chi connectivity index (χ3n) is 4.00. The van der Waals surface area contributed by atoms with Crippen LogP contribution >= 0.6 is 0 Å². The molecule has 1 aromatic carbocycles. The van der Waals surface area contributed by atoms with Crippen LogP contribution in [-0.4, -0.2) is 30.8 Å². The topological polar surface area (TPSA) is 101 Å². The van der Waals surface area contributed by atoms with Crippen LogP contribution < -0.4 is 4.72 Å². The Hall–Kier alpha value is -1.73. The van der Waals surface area contributed by atoms with E-state index in [0.717, 1.165) is 6.42 Å². The Balaban J connectivity index is 2.35.